The minimum absolute atomic E-state index is 0.424. The minimum Gasteiger partial charge on any atom is -0.206 e. The zero-order chi connectivity index (χ0) is 5.86. The minimum atomic E-state index is -0.428. The van der Waals surface area contributed by atoms with E-state index in [1.807, 2.05) is 0 Å². The van der Waals surface area contributed by atoms with E-state index < -0.39 is 5.83 Å². The Balaban J connectivity index is 3.82. The van der Waals surface area contributed by atoms with E-state index in [-0.39, 0.29) is 0 Å². The molecule has 0 spiro atoms. The normalized spacial score (nSPS) is 11.6. The SMILES string of the molecule is C=C(F)C(Br)=CC. The van der Waals surface area contributed by atoms with Gasteiger partial charge in [-0.25, -0.2) is 4.39 Å². The van der Waals surface area contributed by atoms with Crippen molar-refractivity contribution < 1.29 is 4.39 Å². The van der Waals surface area contributed by atoms with Gasteiger partial charge in [-0.2, -0.15) is 0 Å². The second-order valence-electron chi connectivity index (χ2n) is 1.04. The van der Waals surface area contributed by atoms with Gasteiger partial charge in [-0.3, -0.25) is 0 Å². The van der Waals surface area contributed by atoms with Crippen LogP contribution in [0.5, 0.6) is 0 Å². The van der Waals surface area contributed by atoms with Crippen molar-refractivity contribution in [3.05, 3.63) is 23.0 Å². The molecule has 40 valence electrons. The first kappa shape index (κ1) is 6.89. The van der Waals surface area contributed by atoms with Crippen molar-refractivity contribution in [2.24, 2.45) is 0 Å². The van der Waals surface area contributed by atoms with Gasteiger partial charge in [0.1, 0.15) is 5.83 Å². The summed E-state index contributed by atoms with van der Waals surface area (Å²) >= 11 is 2.93. The van der Waals surface area contributed by atoms with Crippen molar-refractivity contribution in [2.45, 2.75) is 6.92 Å². The predicted molar refractivity (Wildman–Crippen MR) is 32.9 cm³/mol. The fourth-order valence-electron chi connectivity index (χ4n) is 0.157. The average Bonchev–Trinajstić information content (AvgIpc) is 1.65. The highest BCUT2D eigenvalue weighted by atomic mass is 79.9. The summed E-state index contributed by atoms with van der Waals surface area (Å²) in [6.07, 6.45) is 1.60. The van der Waals surface area contributed by atoms with Crippen LogP contribution in [0, 0.1) is 0 Å². The Bertz CT molecular complexity index is 105. The topological polar surface area (TPSA) is 0 Å². The molecule has 0 atom stereocenters. The highest BCUT2D eigenvalue weighted by molar-refractivity contribution is 9.11. The lowest BCUT2D eigenvalue weighted by atomic mass is 10.5. The Morgan fingerprint density at radius 1 is 1.86 bits per heavy atom. The number of rotatable bonds is 1. The van der Waals surface area contributed by atoms with Crippen LogP contribution in [0.15, 0.2) is 23.0 Å². The first-order valence-electron chi connectivity index (χ1n) is 1.85. The molecule has 0 rings (SSSR count). The van der Waals surface area contributed by atoms with Gasteiger partial charge >= 0.3 is 0 Å². The summed E-state index contributed by atoms with van der Waals surface area (Å²) in [5.74, 6) is -0.428. The van der Waals surface area contributed by atoms with E-state index in [9.17, 15) is 4.39 Å². The van der Waals surface area contributed by atoms with Crippen LogP contribution >= 0.6 is 15.9 Å². The van der Waals surface area contributed by atoms with Gasteiger partial charge in [0.15, 0.2) is 0 Å². The van der Waals surface area contributed by atoms with E-state index in [2.05, 4.69) is 22.5 Å². The van der Waals surface area contributed by atoms with Gasteiger partial charge < -0.3 is 0 Å². The van der Waals surface area contributed by atoms with Gasteiger partial charge in [-0.1, -0.05) is 12.7 Å². The molecule has 0 aliphatic heterocycles. The molecule has 2 heteroatoms. The van der Waals surface area contributed by atoms with E-state index in [0.717, 1.165) is 0 Å². The van der Waals surface area contributed by atoms with Crippen molar-refractivity contribution in [1.29, 1.82) is 0 Å². The fourth-order valence-corrected chi connectivity index (χ4v) is 0.157. The Hall–Kier alpha value is -0.110. The standard InChI is InChI=1S/C5H6BrF/c1-3-5(6)4(2)7/h3H,2H2,1H3. The molecule has 0 unspecified atom stereocenters. The van der Waals surface area contributed by atoms with Crippen LogP contribution < -0.4 is 0 Å². The lowest BCUT2D eigenvalue weighted by molar-refractivity contribution is 0.668. The van der Waals surface area contributed by atoms with Gasteiger partial charge in [-0.05, 0) is 22.9 Å². The Kier molecular flexibility index (Phi) is 2.92. The zero-order valence-corrected chi connectivity index (χ0v) is 5.63. The lowest BCUT2D eigenvalue weighted by Gasteiger charge is -1.84. The molecular formula is C5H6BrF. The maximum atomic E-state index is 11.8. The molecule has 0 fully saturated rings. The van der Waals surface area contributed by atoms with Crippen LogP contribution in [-0.2, 0) is 0 Å². The second-order valence-corrected chi connectivity index (χ2v) is 1.90. The number of hydrogen-bond donors (Lipinski definition) is 0. The molecule has 0 aliphatic carbocycles. The maximum absolute atomic E-state index is 11.8. The average molecular weight is 165 g/mol. The molecule has 0 aromatic carbocycles. The van der Waals surface area contributed by atoms with E-state index in [1.54, 1.807) is 13.0 Å². The number of allylic oxidation sites excluding steroid dienone is 3. The third kappa shape index (κ3) is 2.57. The quantitative estimate of drug-likeness (QED) is 0.524. The van der Waals surface area contributed by atoms with Gasteiger partial charge in [-0.15, -0.1) is 0 Å². The Morgan fingerprint density at radius 3 is 2.29 bits per heavy atom. The van der Waals surface area contributed by atoms with E-state index >= 15 is 0 Å². The predicted octanol–water partition coefficient (Wildman–Crippen LogP) is 2.77. The summed E-state index contributed by atoms with van der Waals surface area (Å²) in [6, 6.07) is 0. The first-order chi connectivity index (χ1) is 3.18. The third-order valence-electron chi connectivity index (χ3n) is 0.513. The maximum Gasteiger partial charge on any atom is 0.129 e. The first-order valence-corrected chi connectivity index (χ1v) is 2.64. The summed E-state index contributed by atoms with van der Waals surface area (Å²) < 4.78 is 12.2. The summed E-state index contributed by atoms with van der Waals surface area (Å²) in [5.41, 5.74) is 0. The van der Waals surface area contributed by atoms with Crippen LogP contribution in [0.4, 0.5) is 4.39 Å². The smallest absolute Gasteiger partial charge is 0.129 e. The molecule has 0 bridgehead atoms. The van der Waals surface area contributed by atoms with Crippen molar-refractivity contribution in [3.63, 3.8) is 0 Å². The van der Waals surface area contributed by atoms with Gasteiger partial charge in [0, 0.05) is 4.48 Å². The molecule has 0 aliphatic rings. The van der Waals surface area contributed by atoms with Crippen LogP contribution in [0.3, 0.4) is 0 Å². The van der Waals surface area contributed by atoms with Crippen molar-refractivity contribution in [1.82, 2.24) is 0 Å². The number of hydrogen-bond acceptors (Lipinski definition) is 0. The molecule has 0 amide bonds. The molecule has 0 saturated heterocycles. The van der Waals surface area contributed by atoms with Crippen LogP contribution in [0.1, 0.15) is 6.92 Å². The lowest BCUT2D eigenvalue weighted by Crippen LogP contribution is -1.63. The second kappa shape index (κ2) is 2.97. The summed E-state index contributed by atoms with van der Waals surface area (Å²) in [5, 5.41) is 0. The molecule has 0 heterocycles. The highest BCUT2D eigenvalue weighted by Crippen LogP contribution is 2.14. The van der Waals surface area contributed by atoms with Crippen molar-refractivity contribution >= 4 is 15.9 Å². The molecule has 0 aromatic rings. The molecule has 0 saturated carbocycles. The van der Waals surface area contributed by atoms with Gasteiger partial charge in [0.2, 0.25) is 0 Å². The number of halogens is 2. The molecule has 0 N–H and O–H groups in total. The van der Waals surface area contributed by atoms with Crippen molar-refractivity contribution in [2.75, 3.05) is 0 Å². The largest absolute Gasteiger partial charge is 0.206 e. The highest BCUT2D eigenvalue weighted by Gasteiger charge is 1.89. The van der Waals surface area contributed by atoms with Gasteiger partial charge in [0.25, 0.3) is 0 Å². The summed E-state index contributed by atoms with van der Waals surface area (Å²) in [4.78, 5) is 0. The Labute approximate surface area is 50.9 Å². The molecule has 0 nitrogen and oxygen atoms in total. The summed E-state index contributed by atoms with van der Waals surface area (Å²) in [6.45, 7) is 4.78. The molecule has 0 aromatic heterocycles. The molecule has 0 radical (unpaired) electrons. The summed E-state index contributed by atoms with van der Waals surface area (Å²) in [7, 11) is 0. The third-order valence-corrected chi connectivity index (χ3v) is 1.40. The zero-order valence-electron chi connectivity index (χ0n) is 4.04. The van der Waals surface area contributed by atoms with Crippen LogP contribution in [0.2, 0.25) is 0 Å². The van der Waals surface area contributed by atoms with E-state index in [4.69, 9.17) is 0 Å². The molecule has 7 heavy (non-hydrogen) atoms. The fraction of sp³-hybridized carbons (Fsp3) is 0.200. The van der Waals surface area contributed by atoms with E-state index in [0.29, 0.717) is 4.48 Å². The van der Waals surface area contributed by atoms with Crippen molar-refractivity contribution in [3.8, 4) is 0 Å². The van der Waals surface area contributed by atoms with Crippen LogP contribution in [-0.4, -0.2) is 0 Å². The molecular weight excluding hydrogens is 159 g/mol. The van der Waals surface area contributed by atoms with Gasteiger partial charge in [0.05, 0.1) is 0 Å². The monoisotopic (exact) mass is 164 g/mol. The van der Waals surface area contributed by atoms with E-state index in [1.165, 1.54) is 0 Å². The van der Waals surface area contributed by atoms with Crippen LogP contribution in [0.25, 0.3) is 0 Å². The Morgan fingerprint density at radius 2 is 2.29 bits per heavy atom.